The number of carbonyl (C=O) groups excluding carboxylic acids is 2. The Morgan fingerprint density at radius 3 is 2.38 bits per heavy atom. The standard InChI is InChI=1S/C20H28N2O4/c1-25-17-8-7-14(11-18(17)26-2)13-21-19(23)15-12-16(15)20(24)22-9-5-3-4-6-10-22/h7-8,11,15-16H,3-6,9-10,12-13H2,1-2H3,(H,21,23). The van der Waals surface area contributed by atoms with Gasteiger partial charge in [-0.2, -0.15) is 0 Å². The molecule has 0 spiro atoms. The Labute approximate surface area is 154 Å². The van der Waals surface area contributed by atoms with Crippen molar-refractivity contribution in [2.24, 2.45) is 11.8 Å². The fraction of sp³-hybridized carbons (Fsp3) is 0.600. The maximum atomic E-state index is 12.6. The first-order valence-corrected chi connectivity index (χ1v) is 9.41. The Balaban J connectivity index is 1.49. The number of hydrogen-bond acceptors (Lipinski definition) is 4. The molecule has 1 aromatic rings. The van der Waals surface area contributed by atoms with Gasteiger partial charge in [-0.25, -0.2) is 0 Å². The first-order chi connectivity index (χ1) is 12.6. The van der Waals surface area contributed by atoms with Gasteiger partial charge in [0.25, 0.3) is 0 Å². The van der Waals surface area contributed by atoms with Crippen LogP contribution in [-0.2, 0) is 16.1 Å². The Morgan fingerprint density at radius 2 is 1.73 bits per heavy atom. The van der Waals surface area contributed by atoms with Crippen LogP contribution in [0.1, 0.15) is 37.7 Å². The number of nitrogens with zero attached hydrogens (tertiary/aromatic N) is 1. The van der Waals surface area contributed by atoms with E-state index < -0.39 is 0 Å². The van der Waals surface area contributed by atoms with Gasteiger partial charge in [0.2, 0.25) is 11.8 Å². The molecule has 1 heterocycles. The Kier molecular flexibility index (Phi) is 6.01. The van der Waals surface area contributed by atoms with Crippen molar-refractivity contribution in [1.82, 2.24) is 10.2 Å². The van der Waals surface area contributed by atoms with Gasteiger partial charge in [0.1, 0.15) is 0 Å². The smallest absolute Gasteiger partial charge is 0.226 e. The molecule has 142 valence electrons. The number of carbonyl (C=O) groups is 2. The van der Waals surface area contributed by atoms with E-state index in [1.54, 1.807) is 14.2 Å². The second-order valence-corrected chi connectivity index (χ2v) is 7.10. The molecule has 2 unspecified atom stereocenters. The van der Waals surface area contributed by atoms with Crippen LogP contribution in [0.25, 0.3) is 0 Å². The fourth-order valence-corrected chi connectivity index (χ4v) is 3.59. The minimum absolute atomic E-state index is 0.0343. The van der Waals surface area contributed by atoms with Crippen molar-refractivity contribution < 1.29 is 19.1 Å². The van der Waals surface area contributed by atoms with Crippen LogP contribution in [0.2, 0.25) is 0 Å². The lowest BCUT2D eigenvalue weighted by Gasteiger charge is -2.20. The second-order valence-electron chi connectivity index (χ2n) is 7.10. The van der Waals surface area contributed by atoms with Crippen LogP contribution in [0.15, 0.2) is 18.2 Å². The SMILES string of the molecule is COc1ccc(CNC(=O)C2CC2C(=O)N2CCCCCC2)cc1OC. The molecule has 1 aromatic carbocycles. The summed E-state index contributed by atoms with van der Waals surface area (Å²) in [6.07, 6.45) is 5.23. The van der Waals surface area contributed by atoms with Crippen molar-refractivity contribution in [1.29, 1.82) is 0 Å². The van der Waals surface area contributed by atoms with Gasteiger partial charge in [-0.05, 0) is 37.0 Å². The number of nitrogens with one attached hydrogen (secondary N) is 1. The molecular formula is C20H28N2O4. The van der Waals surface area contributed by atoms with Crippen molar-refractivity contribution in [3.63, 3.8) is 0 Å². The summed E-state index contributed by atoms with van der Waals surface area (Å²) in [6, 6.07) is 5.57. The zero-order valence-corrected chi connectivity index (χ0v) is 15.6. The Hall–Kier alpha value is -2.24. The van der Waals surface area contributed by atoms with E-state index in [4.69, 9.17) is 9.47 Å². The monoisotopic (exact) mass is 360 g/mol. The van der Waals surface area contributed by atoms with Gasteiger partial charge in [0.05, 0.1) is 26.1 Å². The van der Waals surface area contributed by atoms with E-state index in [1.165, 1.54) is 12.8 Å². The third kappa shape index (κ3) is 4.29. The maximum Gasteiger partial charge on any atom is 0.226 e. The van der Waals surface area contributed by atoms with Crippen molar-refractivity contribution in [3.8, 4) is 11.5 Å². The summed E-state index contributed by atoms with van der Waals surface area (Å²) < 4.78 is 10.5. The molecule has 1 saturated carbocycles. The summed E-state index contributed by atoms with van der Waals surface area (Å²) >= 11 is 0. The van der Waals surface area contributed by atoms with Crippen LogP contribution in [0.4, 0.5) is 0 Å². The average Bonchev–Trinajstić information content (AvgIpc) is 3.49. The molecular weight excluding hydrogens is 332 g/mol. The minimum Gasteiger partial charge on any atom is -0.493 e. The van der Waals surface area contributed by atoms with Gasteiger partial charge < -0.3 is 19.7 Å². The number of likely N-dealkylation sites (tertiary alicyclic amines) is 1. The second kappa shape index (κ2) is 8.43. The molecule has 1 aliphatic heterocycles. The first kappa shape index (κ1) is 18.5. The van der Waals surface area contributed by atoms with Gasteiger partial charge >= 0.3 is 0 Å². The lowest BCUT2D eigenvalue weighted by atomic mass is 10.2. The number of rotatable bonds is 6. The molecule has 0 radical (unpaired) electrons. The average molecular weight is 360 g/mol. The van der Waals surface area contributed by atoms with E-state index in [0.29, 0.717) is 24.5 Å². The molecule has 6 nitrogen and oxygen atoms in total. The van der Waals surface area contributed by atoms with E-state index in [2.05, 4.69) is 5.32 Å². The molecule has 1 saturated heterocycles. The molecule has 0 bridgehead atoms. The van der Waals surface area contributed by atoms with Gasteiger partial charge in [0, 0.05) is 19.6 Å². The first-order valence-electron chi connectivity index (χ1n) is 9.41. The van der Waals surface area contributed by atoms with Crippen molar-refractivity contribution >= 4 is 11.8 Å². The van der Waals surface area contributed by atoms with E-state index in [1.807, 2.05) is 23.1 Å². The highest BCUT2D eigenvalue weighted by molar-refractivity contribution is 5.92. The lowest BCUT2D eigenvalue weighted by Crippen LogP contribution is -2.35. The molecule has 26 heavy (non-hydrogen) atoms. The third-order valence-corrected chi connectivity index (χ3v) is 5.28. The van der Waals surface area contributed by atoms with E-state index in [9.17, 15) is 9.59 Å². The van der Waals surface area contributed by atoms with Crippen LogP contribution in [0.5, 0.6) is 11.5 Å². The predicted octanol–water partition coefficient (Wildman–Crippen LogP) is 2.36. The minimum atomic E-state index is -0.175. The molecule has 1 aliphatic carbocycles. The Bertz CT molecular complexity index is 653. The molecule has 2 amide bonds. The van der Waals surface area contributed by atoms with Gasteiger partial charge in [-0.3, -0.25) is 9.59 Å². The lowest BCUT2D eigenvalue weighted by molar-refractivity contribution is -0.134. The molecule has 6 heteroatoms. The number of amides is 2. The van der Waals surface area contributed by atoms with Gasteiger partial charge in [0.15, 0.2) is 11.5 Å². The molecule has 2 aliphatic rings. The van der Waals surface area contributed by atoms with Crippen molar-refractivity contribution in [2.75, 3.05) is 27.3 Å². The summed E-state index contributed by atoms with van der Waals surface area (Å²) in [6.45, 7) is 2.10. The molecule has 0 aromatic heterocycles. The topological polar surface area (TPSA) is 67.9 Å². The summed E-state index contributed by atoms with van der Waals surface area (Å²) in [4.78, 5) is 26.9. The molecule has 2 fully saturated rings. The molecule has 1 N–H and O–H groups in total. The summed E-state index contributed by atoms with van der Waals surface area (Å²) in [5, 5.41) is 2.94. The third-order valence-electron chi connectivity index (χ3n) is 5.28. The number of methoxy groups -OCH3 is 2. The predicted molar refractivity (Wildman–Crippen MR) is 98.0 cm³/mol. The fourth-order valence-electron chi connectivity index (χ4n) is 3.59. The molecule has 3 rings (SSSR count). The zero-order valence-electron chi connectivity index (χ0n) is 15.6. The number of benzene rings is 1. The van der Waals surface area contributed by atoms with Crippen LogP contribution in [-0.4, -0.2) is 44.0 Å². The van der Waals surface area contributed by atoms with Crippen LogP contribution >= 0.6 is 0 Å². The maximum absolute atomic E-state index is 12.6. The highest BCUT2D eigenvalue weighted by Crippen LogP contribution is 2.40. The zero-order chi connectivity index (χ0) is 18.5. The van der Waals surface area contributed by atoms with Crippen LogP contribution in [0.3, 0.4) is 0 Å². The van der Waals surface area contributed by atoms with E-state index in [0.717, 1.165) is 31.5 Å². The highest BCUT2D eigenvalue weighted by Gasteiger charge is 2.49. The largest absolute Gasteiger partial charge is 0.493 e. The van der Waals surface area contributed by atoms with Crippen LogP contribution in [0, 0.1) is 11.8 Å². The Morgan fingerprint density at radius 1 is 1.04 bits per heavy atom. The van der Waals surface area contributed by atoms with Gasteiger partial charge in [-0.1, -0.05) is 18.9 Å². The van der Waals surface area contributed by atoms with E-state index >= 15 is 0 Å². The van der Waals surface area contributed by atoms with Crippen molar-refractivity contribution in [2.45, 2.75) is 38.6 Å². The summed E-state index contributed by atoms with van der Waals surface area (Å²) in [7, 11) is 3.18. The number of ether oxygens (including phenoxy) is 2. The normalized spacial score (nSPS) is 22.3. The van der Waals surface area contributed by atoms with E-state index in [-0.39, 0.29) is 23.7 Å². The van der Waals surface area contributed by atoms with Crippen molar-refractivity contribution in [3.05, 3.63) is 23.8 Å². The molecule has 2 atom stereocenters. The van der Waals surface area contributed by atoms with Gasteiger partial charge in [-0.15, -0.1) is 0 Å². The quantitative estimate of drug-likeness (QED) is 0.846. The van der Waals surface area contributed by atoms with Crippen LogP contribution < -0.4 is 14.8 Å². The summed E-state index contributed by atoms with van der Waals surface area (Å²) in [5.74, 6) is 1.13. The number of hydrogen-bond donors (Lipinski definition) is 1. The highest BCUT2D eigenvalue weighted by atomic mass is 16.5. The summed E-state index contributed by atoms with van der Waals surface area (Å²) in [5.41, 5.74) is 0.937.